The molecule has 0 bridgehead atoms. The maximum Gasteiger partial charge on any atom is 0.0469 e. The number of ether oxygens (including phenoxy) is 1. The van der Waals surface area contributed by atoms with Crippen molar-refractivity contribution in [3.63, 3.8) is 0 Å². The minimum atomic E-state index is 0.326. The fourth-order valence-corrected chi connectivity index (χ4v) is 1.89. The molecule has 84 valence electrons. The van der Waals surface area contributed by atoms with E-state index in [1.165, 1.54) is 19.4 Å². The summed E-state index contributed by atoms with van der Waals surface area (Å²) in [7, 11) is 2.19. The molecule has 1 saturated heterocycles. The molecule has 1 rings (SSSR count). The van der Waals surface area contributed by atoms with E-state index in [-0.39, 0.29) is 0 Å². The Morgan fingerprint density at radius 3 is 2.64 bits per heavy atom. The Bertz CT molecular complexity index is 144. The van der Waals surface area contributed by atoms with E-state index in [4.69, 9.17) is 10.5 Å². The molecule has 14 heavy (non-hydrogen) atoms. The summed E-state index contributed by atoms with van der Waals surface area (Å²) in [6, 6.07) is 0.326. The summed E-state index contributed by atoms with van der Waals surface area (Å²) < 4.78 is 5.34. The van der Waals surface area contributed by atoms with Crippen molar-refractivity contribution < 1.29 is 4.74 Å². The molecule has 3 nitrogen and oxygen atoms in total. The van der Waals surface area contributed by atoms with E-state index in [1.54, 1.807) is 0 Å². The van der Waals surface area contributed by atoms with Gasteiger partial charge in [-0.05, 0) is 45.7 Å². The van der Waals surface area contributed by atoms with Crippen molar-refractivity contribution >= 4 is 0 Å². The quantitative estimate of drug-likeness (QED) is 0.722. The third-order valence-electron chi connectivity index (χ3n) is 2.88. The zero-order chi connectivity index (χ0) is 10.4. The van der Waals surface area contributed by atoms with Crippen LogP contribution in [0.15, 0.2) is 0 Å². The predicted molar refractivity (Wildman–Crippen MR) is 59.3 cm³/mol. The van der Waals surface area contributed by atoms with E-state index in [2.05, 4.69) is 18.9 Å². The monoisotopic (exact) mass is 200 g/mol. The number of hydrogen-bond donors (Lipinski definition) is 1. The van der Waals surface area contributed by atoms with Gasteiger partial charge in [-0.2, -0.15) is 0 Å². The van der Waals surface area contributed by atoms with Gasteiger partial charge in [-0.25, -0.2) is 0 Å². The molecular weight excluding hydrogens is 176 g/mol. The van der Waals surface area contributed by atoms with Crippen molar-refractivity contribution in [2.75, 3.05) is 33.4 Å². The highest BCUT2D eigenvalue weighted by atomic mass is 16.5. The van der Waals surface area contributed by atoms with E-state index in [1.807, 2.05) is 0 Å². The zero-order valence-corrected chi connectivity index (χ0v) is 9.54. The Hall–Kier alpha value is -0.120. The van der Waals surface area contributed by atoms with E-state index in [0.717, 1.165) is 32.1 Å². The lowest BCUT2D eigenvalue weighted by molar-refractivity contribution is 0.0555. The largest absolute Gasteiger partial charge is 0.381 e. The molecule has 0 amide bonds. The molecule has 0 spiro atoms. The highest BCUT2D eigenvalue weighted by molar-refractivity contribution is 4.68. The van der Waals surface area contributed by atoms with Crippen LogP contribution in [0.2, 0.25) is 0 Å². The molecule has 3 heteroatoms. The fraction of sp³-hybridized carbons (Fsp3) is 1.00. The lowest BCUT2D eigenvalue weighted by Crippen LogP contribution is -2.32. The van der Waals surface area contributed by atoms with Crippen LogP contribution >= 0.6 is 0 Å². The second-order valence-corrected chi connectivity index (χ2v) is 4.58. The summed E-state index contributed by atoms with van der Waals surface area (Å²) in [5.41, 5.74) is 5.73. The summed E-state index contributed by atoms with van der Waals surface area (Å²) in [5.74, 6) is 0.835. The Labute approximate surface area is 87.6 Å². The second kappa shape index (κ2) is 6.38. The van der Waals surface area contributed by atoms with Crippen molar-refractivity contribution in [3.05, 3.63) is 0 Å². The van der Waals surface area contributed by atoms with Gasteiger partial charge in [-0.3, -0.25) is 0 Å². The third-order valence-corrected chi connectivity index (χ3v) is 2.88. The lowest BCUT2D eigenvalue weighted by atomic mass is 10.00. The smallest absolute Gasteiger partial charge is 0.0469 e. The van der Waals surface area contributed by atoms with Gasteiger partial charge in [-0.1, -0.05) is 0 Å². The van der Waals surface area contributed by atoms with Crippen LogP contribution in [0, 0.1) is 5.92 Å². The van der Waals surface area contributed by atoms with Gasteiger partial charge in [0.25, 0.3) is 0 Å². The zero-order valence-electron chi connectivity index (χ0n) is 9.54. The van der Waals surface area contributed by atoms with Crippen LogP contribution in [-0.2, 0) is 4.74 Å². The molecule has 0 aromatic carbocycles. The van der Waals surface area contributed by atoms with Crippen LogP contribution in [0.5, 0.6) is 0 Å². The highest BCUT2D eigenvalue weighted by Gasteiger charge is 2.15. The molecule has 1 fully saturated rings. The number of nitrogens with zero attached hydrogens (tertiary/aromatic N) is 1. The van der Waals surface area contributed by atoms with Crippen LogP contribution in [0.1, 0.15) is 26.2 Å². The number of rotatable bonds is 5. The highest BCUT2D eigenvalue weighted by Crippen LogP contribution is 2.15. The Morgan fingerprint density at radius 1 is 1.43 bits per heavy atom. The molecule has 0 aromatic heterocycles. The molecule has 1 aliphatic rings. The SMILES string of the molecule is CC(N)CCN(C)CC1CCOCC1. The van der Waals surface area contributed by atoms with E-state index in [9.17, 15) is 0 Å². The third kappa shape index (κ3) is 4.94. The number of nitrogens with two attached hydrogens (primary N) is 1. The van der Waals surface area contributed by atoms with Crippen LogP contribution < -0.4 is 5.73 Å². The second-order valence-electron chi connectivity index (χ2n) is 4.58. The maximum absolute atomic E-state index is 5.73. The van der Waals surface area contributed by atoms with E-state index in [0.29, 0.717) is 6.04 Å². The number of hydrogen-bond acceptors (Lipinski definition) is 3. The minimum absolute atomic E-state index is 0.326. The van der Waals surface area contributed by atoms with Crippen LogP contribution in [-0.4, -0.2) is 44.3 Å². The van der Waals surface area contributed by atoms with Gasteiger partial charge < -0.3 is 15.4 Å². The summed E-state index contributed by atoms with van der Waals surface area (Å²) in [5, 5.41) is 0. The Morgan fingerprint density at radius 2 is 2.07 bits per heavy atom. The van der Waals surface area contributed by atoms with Crippen molar-refractivity contribution in [1.82, 2.24) is 4.90 Å². The molecule has 0 aromatic rings. The fourth-order valence-electron chi connectivity index (χ4n) is 1.89. The first-order valence-corrected chi connectivity index (χ1v) is 5.70. The van der Waals surface area contributed by atoms with Gasteiger partial charge in [-0.15, -0.1) is 0 Å². The van der Waals surface area contributed by atoms with E-state index < -0.39 is 0 Å². The summed E-state index contributed by atoms with van der Waals surface area (Å²) in [4.78, 5) is 2.40. The van der Waals surface area contributed by atoms with Crippen molar-refractivity contribution in [2.24, 2.45) is 11.7 Å². The average Bonchev–Trinajstić information content (AvgIpc) is 2.16. The van der Waals surface area contributed by atoms with Gasteiger partial charge in [0, 0.05) is 25.8 Å². The molecule has 1 unspecified atom stereocenters. The summed E-state index contributed by atoms with van der Waals surface area (Å²) >= 11 is 0. The minimum Gasteiger partial charge on any atom is -0.381 e. The van der Waals surface area contributed by atoms with Gasteiger partial charge in [0.2, 0.25) is 0 Å². The molecule has 0 aliphatic carbocycles. The lowest BCUT2D eigenvalue weighted by Gasteiger charge is -2.27. The molecule has 1 heterocycles. The van der Waals surface area contributed by atoms with Gasteiger partial charge in [0.1, 0.15) is 0 Å². The predicted octanol–water partition coefficient (Wildman–Crippen LogP) is 1.08. The molecular formula is C11H24N2O. The van der Waals surface area contributed by atoms with Crippen LogP contribution in [0.25, 0.3) is 0 Å². The van der Waals surface area contributed by atoms with Crippen molar-refractivity contribution in [3.8, 4) is 0 Å². The molecule has 1 aliphatic heterocycles. The molecule has 0 radical (unpaired) electrons. The average molecular weight is 200 g/mol. The van der Waals surface area contributed by atoms with Crippen LogP contribution in [0.4, 0.5) is 0 Å². The van der Waals surface area contributed by atoms with Gasteiger partial charge in [0.05, 0.1) is 0 Å². The van der Waals surface area contributed by atoms with Crippen molar-refractivity contribution in [1.29, 1.82) is 0 Å². The topological polar surface area (TPSA) is 38.5 Å². The van der Waals surface area contributed by atoms with E-state index >= 15 is 0 Å². The standard InChI is InChI=1S/C11H24N2O/c1-10(12)3-6-13(2)9-11-4-7-14-8-5-11/h10-11H,3-9,12H2,1-2H3. The first kappa shape index (κ1) is 12.0. The molecule has 2 N–H and O–H groups in total. The first-order valence-electron chi connectivity index (χ1n) is 5.70. The maximum atomic E-state index is 5.73. The van der Waals surface area contributed by atoms with Crippen LogP contribution in [0.3, 0.4) is 0 Å². The first-order chi connectivity index (χ1) is 6.68. The molecule has 0 saturated carbocycles. The van der Waals surface area contributed by atoms with Crippen molar-refractivity contribution in [2.45, 2.75) is 32.2 Å². The summed E-state index contributed by atoms with van der Waals surface area (Å²) in [6.45, 7) is 6.30. The summed E-state index contributed by atoms with van der Waals surface area (Å²) in [6.07, 6.45) is 3.55. The Kier molecular flexibility index (Phi) is 5.45. The van der Waals surface area contributed by atoms with Gasteiger partial charge >= 0.3 is 0 Å². The Balaban J connectivity index is 2.09. The van der Waals surface area contributed by atoms with Gasteiger partial charge in [0.15, 0.2) is 0 Å². The normalized spacial score (nSPS) is 21.4. The molecule has 1 atom stereocenters.